The van der Waals surface area contributed by atoms with Crippen molar-refractivity contribution >= 4 is 35.6 Å². The SMILES string of the molecule is CC(C)CC(N)C(=O)NC(CC(=O)O)C(=O)NC(C(=O)NC(CC(=O)O)C(=O)O)C(C)C. The van der Waals surface area contributed by atoms with Gasteiger partial charge in [0.1, 0.15) is 18.1 Å². The van der Waals surface area contributed by atoms with Crippen LogP contribution in [0, 0.1) is 11.8 Å². The van der Waals surface area contributed by atoms with Crippen molar-refractivity contribution in [3.05, 3.63) is 0 Å². The molecule has 32 heavy (non-hydrogen) atoms. The van der Waals surface area contributed by atoms with Gasteiger partial charge in [0.05, 0.1) is 18.9 Å². The zero-order chi connectivity index (χ0) is 25.2. The number of carbonyl (C=O) groups is 6. The summed E-state index contributed by atoms with van der Waals surface area (Å²) < 4.78 is 0. The highest BCUT2D eigenvalue weighted by molar-refractivity contribution is 5.96. The second kappa shape index (κ2) is 13.2. The van der Waals surface area contributed by atoms with Gasteiger partial charge in [0.2, 0.25) is 17.7 Å². The molecule has 13 heteroatoms. The van der Waals surface area contributed by atoms with Gasteiger partial charge in [-0.05, 0) is 18.3 Å². The number of hydrogen-bond acceptors (Lipinski definition) is 7. The molecule has 4 atom stereocenters. The summed E-state index contributed by atoms with van der Waals surface area (Å²) in [4.78, 5) is 70.6. The molecule has 0 fully saturated rings. The molecule has 0 saturated heterocycles. The predicted octanol–water partition coefficient (Wildman–Crippen LogP) is -1.50. The van der Waals surface area contributed by atoms with Gasteiger partial charge in [0, 0.05) is 0 Å². The zero-order valence-electron chi connectivity index (χ0n) is 18.5. The lowest BCUT2D eigenvalue weighted by Gasteiger charge is -2.26. The Kier molecular flexibility index (Phi) is 11.9. The molecule has 182 valence electrons. The topological polar surface area (TPSA) is 225 Å². The Morgan fingerprint density at radius 1 is 0.719 bits per heavy atom. The number of nitrogens with one attached hydrogen (secondary N) is 3. The maximum Gasteiger partial charge on any atom is 0.326 e. The number of hydrogen-bond donors (Lipinski definition) is 7. The van der Waals surface area contributed by atoms with E-state index in [0.717, 1.165) is 0 Å². The third-order valence-corrected chi connectivity index (χ3v) is 4.31. The highest BCUT2D eigenvalue weighted by Crippen LogP contribution is 2.07. The summed E-state index contributed by atoms with van der Waals surface area (Å²) in [7, 11) is 0. The van der Waals surface area contributed by atoms with Gasteiger partial charge in [-0.3, -0.25) is 24.0 Å². The quantitative estimate of drug-likeness (QED) is 0.159. The van der Waals surface area contributed by atoms with Gasteiger partial charge >= 0.3 is 17.9 Å². The van der Waals surface area contributed by atoms with Crippen LogP contribution in [0.2, 0.25) is 0 Å². The van der Waals surface area contributed by atoms with Crippen molar-refractivity contribution in [2.24, 2.45) is 17.6 Å². The molecule has 13 nitrogen and oxygen atoms in total. The van der Waals surface area contributed by atoms with Gasteiger partial charge < -0.3 is 37.0 Å². The number of rotatable bonds is 14. The fourth-order valence-electron chi connectivity index (χ4n) is 2.70. The molecule has 0 aromatic carbocycles. The largest absolute Gasteiger partial charge is 0.481 e. The molecule has 0 aromatic heterocycles. The summed E-state index contributed by atoms with van der Waals surface area (Å²) in [6.45, 7) is 6.71. The normalized spacial score (nSPS) is 14.7. The van der Waals surface area contributed by atoms with Gasteiger partial charge in [-0.1, -0.05) is 27.7 Å². The van der Waals surface area contributed by atoms with E-state index in [4.69, 9.17) is 21.1 Å². The van der Waals surface area contributed by atoms with Crippen LogP contribution in [-0.4, -0.2) is 75.1 Å². The summed E-state index contributed by atoms with van der Waals surface area (Å²) in [5.41, 5.74) is 5.76. The maximum absolute atomic E-state index is 12.7. The summed E-state index contributed by atoms with van der Waals surface area (Å²) in [5, 5.41) is 33.5. The second-order valence-electron chi connectivity index (χ2n) is 8.12. The number of nitrogens with two attached hydrogens (primary N) is 1. The van der Waals surface area contributed by atoms with E-state index >= 15 is 0 Å². The molecule has 0 bridgehead atoms. The van der Waals surface area contributed by atoms with Crippen molar-refractivity contribution < 1.29 is 44.1 Å². The Labute approximate surface area is 185 Å². The minimum absolute atomic E-state index is 0.0736. The number of carbonyl (C=O) groups excluding carboxylic acids is 3. The van der Waals surface area contributed by atoms with Crippen molar-refractivity contribution in [1.82, 2.24) is 16.0 Å². The minimum atomic E-state index is -1.73. The van der Waals surface area contributed by atoms with Crippen LogP contribution in [0.15, 0.2) is 0 Å². The molecule has 0 saturated carbocycles. The first kappa shape index (κ1) is 28.8. The van der Waals surface area contributed by atoms with Crippen molar-refractivity contribution in [1.29, 1.82) is 0 Å². The molecule has 0 radical (unpaired) electrons. The molecule has 8 N–H and O–H groups in total. The van der Waals surface area contributed by atoms with E-state index in [1.807, 2.05) is 19.2 Å². The smallest absolute Gasteiger partial charge is 0.326 e. The molecule has 3 amide bonds. The highest BCUT2D eigenvalue weighted by atomic mass is 16.4. The van der Waals surface area contributed by atoms with E-state index in [1.165, 1.54) is 13.8 Å². The van der Waals surface area contributed by atoms with E-state index in [1.54, 1.807) is 0 Å². The Morgan fingerprint density at radius 3 is 1.59 bits per heavy atom. The van der Waals surface area contributed by atoms with Crippen LogP contribution in [-0.2, 0) is 28.8 Å². The monoisotopic (exact) mass is 460 g/mol. The Balaban J connectivity index is 5.45. The number of amides is 3. The van der Waals surface area contributed by atoms with Crippen molar-refractivity contribution in [2.75, 3.05) is 0 Å². The minimum Gasteiger partial charge on any atom is -0.481 e. The fraction of sp³-hybridized carbons (Fsp3) is 0.684. The number of carboxylic acids is 3. The van der Waals surface area contributed by atoms with Crippen molar-refractivity contribution in [2.45, 2.75) is 71.1 Å². The summed E-state index contributed by atoms with van der Waals surface area (Å²) in [6.07, 6.45) is -1.37. The third-order valence-electron chi connectivity index (χ3n) is 4.31. The summed E-state index contributed by atoms with van der Waals surface area (Å²) >= 11 is 0. The van der Waals surface area contributed by atoms with Crippen LogP contribution in [0.5, 0.6) is 0 Å². The molecule has 0 aromatic rings. The number of carboxylic acid groups (broad SMARTS) is 3. The van der Waals surface area contributed by atoms with Gasteiger partial charge in [-0.2, -0.15) is 0 Å². The van der Waals surface area contributed by atoms with E-state index < -0.39 is 78.6 Å². The molecule has 0 aliphatic rings. The summed E-state index contributed by atoms with van der Waals surface area (Å²) in [5.74, 6) is -7.63. The average molecular weight is 460 g/mol. The van der Waals surface area contributed by atoms with Crippen molar-refractivity contribution in [3.8, 4) is 0 Å². The molecule has 0 heterocycles. The highest BCUT2D eigenvalue weighted by Gasteiger charge is 2.33. The Morgan fingerprint density at radius 2 is 1.19 bits per heavy atom. The van der Waals surface area contributed by atoms with E-state index in [2.05, 4.69) is 10.6 Å². The first-order valence-electron chi connectivity index (χ1n) is 9.98. The van der Waals surface area contributed by atoms with Crippen LogP contribution in [0.25, 0.3) is 0 Å². The molecule has 0 aliphatic heterocycles. The van der Waals surface area contributed by atoms with E-state index in [0.29, 0.717) is 6.42 Å². The molecule has 4 unspecified atom stereocenters. The first-order chi connectivity index (χ1) is 14.6. The van der Waals surface area contributed by atoms with Gasteiger partial charge in [-0.25, -0.2) is 4.79 Å². The molecular formula is C19H32N4O9. The lowest BCUT2D eigenvalue weighted by atomic mass is 10.0. The predicted molar refractivity (Wildman–Crippen MR) is 110 cm³/mol. The average Bonchev–Trinajstić information content (AvgIpc) is 2.62. The first-order valence-corrected chi connectivity index (χ1v) is 9.98. The van der Waals surface area contributed by atoms with Crippen LogP contribution >= 0.6 is 0 Å². The molecule has 0 rings (SSSR count). The second-order valence-corrected chi connectivity index (χ2v) is 8.12. The molecule has 0 aliphatic carbocycles. The van der Waals surface area contributed by atoms with Crippen molar-refractivity contribution in [3.63, 3.8) is 0 Å². The van der Waals surface area contributed by atoms with Gasteiger partial charge in [-0.15, -0.1) is 0 Å². The van der Waals surface area contributed by atoms with Crippen LogP contribution in [0.4, 0.5) is 0 Å². The Bertz CT molecular complexity index is 724. The zero-order valence-corrected chi connectivity index (χ0v) is 18.5. The lowest BCUT2D eigenvalue weighted by Crippen LogP contribution is -2.59. The van der Waals surface area contributed by atoms with Gasteiger partial charge in [0.15, 0.2) is 0 Å². The fourth-order valence-corrected chi connectivity index (χ4v) is 2.70. The molecular weight excluding hydrogens is 428 g/mol. The maximum atomic E-state index is 12.7. The lowest BCUT2D eigenvalue weighted by molar-refractivity contribution is -0.147. The standard InChI is InChI=1S/C19H32N4O9/c1-8(2)5-10(20)16(28)21-11(6-13(24)25)17(29)23-15(9(3)4)18(30)22-12(19(31)32)7-14(26)27/h8-12,15H,5-7,20H2,1-4H3,(H,21,28)(H,22,30)(H,23,29)(H,24,25)(H,26,27)(H,31,32). The van der Waals surface area contributed by atoms with Crippen LogP contribution in [0.1, 0.15) is 47.0 Å². The van der Waals surface area contributed by atoms with E-state index in [9.17, 15) is 28.8 Å². The van der Waals surface area contributed by atoms with Gasteiger partial charge in [0.25, 0.3) is 0 Å². The van der Waals surface area contributed by atoms with Crippen LogP contribution < -0.4 is 21.7 Å². The van der Waals surface area contributed by atoms with E-state index in [-0.39, 0.29) is 5.92 Å². The number of aliphatic carboxylic acids is 3. The molecule has 0 spiro atoms. The third kappa shape index (κ3) is 10.7. The van der Waals surface area contributed by atoms with Crippen LogP contribution in [0.3, 0.4) is 0 Å². The summed E-state index contributed by atoms with van der Waals surface area (Å²) in [6, 6.07) is -5.57. The Hall–Kier alpha value is -3.22.